The number of halogens is 1. The molecule has 0 aliphatic carbocycles. The van der Waals surface area contributed by atoms with Gasteiger partial charge in [0.15, 0.2) is 0 Å². The Morgan fingerprint density at radius 1 is 1.53 bits per heavy atom. The molecule has 0 aromatic carbocycles. The third-order valence-corrected chi connectivity index (χ3v) is 2.18. The second-order valence-electron chi connectivity index (χ2n) is 2.67. The van der Waals surface area contributed by atoms with Gasteiger partial charge in [-0.05, 0) is 22.9 Å². The Morgan fingerprint density at radius 3 is 3.00 bits per heavy atom. The van der Waals surface area contributed by atoms with Crippen molar-refractivity contribution in [2.45, 2.75) is 6.92 Å². The van der Waals surface area contributed by atoms with E-state index in [4.69, 9.17) is 9.47 Å². The van der Waals surface area contributed by atoms with Crippen LogP contribution < -0.4 is 10.1 Å². The number of ether oxygens (including phenoxy) is 2. The lowest BCUT2D eigenvalue weighted by Gasteiger charge is -2.06. The highest BCUT2D eigenvalue weighted by Gasteiger charge is 2.03. The van der Waals surface area contributed by atoms with E-state index >= 15 is 0 Å². The first-order chi connectivity index (χ1) is 7.27. The van der Waals surface area contributed by atoms with Crippen molar-refractivity contribution >= 4 is 21.9 Å². The van der Waals surface area contributed by atoms with Gasteiger partial charge in [0.05, 0.1) is 24.4 Å². The lowest BCUT2D eigenvalue weighted by atomic mass is 10.6. The Bertz CT molecular complexity index is 309. The summed E-state index contributed by atoms with van der Waals surface area (Å²) in [6.07, 6.45) is 1.65. The van der Waals surface area contributed by atoms with E-state index in [1.807, 2.05) is 6.92 Å². The molecule has 0 atom stereocenters. The van der Waals surface area contributed by atoms with Gasteiger partial charge in [-0.3, -0.25) is 0 Å². The molecular formula is C9H14BrN3O2. The molecule has 0 unspecified atom stereocenters. The minimum absolute atomic E-state index is 0.518. The first kappa shape index (κ1) is 12.2. The van der Waals surface area contributed by atoms with Crippen LogP contribution >= 0.6 is 15.9 Å². The van der Waals surface area contributed by atoms with Gasteiger partial charge in [0.25, 0.3) is 0 Å². The van der Waals surface area contributed by atoms with E-state index in [1.165, 1.54) is 0 Å². The van der Waals surface area contributed by atoms with Crippen molar-refractivity contribution in [3.63, 3.8) is 0 Å². The first-order valence-electron chi connectivity index (χ1n) is 4.66. The standard InChI is InChI=1S/C9H14BrN3O2/c1-3-15-5-4-11-9-12-6-7(10)8(13-9)14-2/h6H,3-5H2,1-2H3,(H,11,12,13). The van der Waals surface area contributed by atoms with Crippen molar-refractivity contribution in [1.82, 2.24) is 9.97 Å². The molecule has 5 nitrogen and oxygen atoms in total. The summed E-state index contributed by atoms with van der Waals surface area (Å²) in [5.41, 5.74) is 0. The van der Waals surface area contributed by atoms with Crippen LogP contribution in [0.3, 0.4) is 0 Å². The predicted octanol–water partition coefficient (Wildman–Crippen LogP) is 1.70. The van der Waals surface area contributed by atoms with Gasteiger partial charge in [-0.15, -0.1) is 0 Å². The fourth-order valence-corrected chi connectivity index (χ4v) is 1.31. The van der Waals surface area contributed by atoms with Gasteiger partial charge in [0.2, 0.25) is 11.8 Å². The molecule has 6 heteroatoms. The van der Waals surface area contributed by atoms with Gasteiger partial charge >= 0.3 is 0 Å². The van der Waals surface area contributed by atoms with Crippen molar-refractivity contribution in [1.29, 1.82) is 0 Å². The lowest BCUT2D eigenvalue weighted by molar-refractivity contribution is 0.158. The molecule has 15 heavy (non-hydrogen) atoms. The van der Waals surface area contributed by atoms with Gasteiger partial charge in [0.1, 0.15) is 0 Å². The first-order valence-corrected chi connectivity index (χ1v) is 5.45. The van der Waals surface area contributed by atoms with Crippen LogP contribution in [-0.2, 0) is 4.74 Å². The van der Waals surface area contributed by atoms with Crippen LogP contribution in [0.25, 0.3) is 0 Å². The molecular weight excluding hydrogens is 262 g/mol. The number of hydrogen-bond donors (Lipinski definition) is 1. The smallest absolute Gasteiger partial charge is 0.232 e. The molecule has 1 rings (SSSR count). The Balaban J connectivity index is 2.47. The summed E-state index contributed by atoms with van der Waals surface area (Å²) < 4.78 is 11.0. The molecule has 0 radical (unpaired) electrons. The Kier molecular flexibility index (Phi) is 5.34. The molecule has 1 aromatic heterocycles. The van der Waals surface area contributed by atoms with Crippen LogP contribution in [0, 0.1) is 0 Å². The quantitative estimate of drug-likeness (QED) is 0.801. The average Bonchev–Trinajstić information content (AvgIpc) is 2.26. The van der Waals surface area contributed by atoms with Crippen molar-refractivity contribution in [3.05, 3.63) is 10.7 Å². The molecule has 0 saturated heterocycles. The molecule has 1 heterocycles. The maximum Gasteiger partial charge on any atom is 0.232 e. The molecule has 84 valence electrons. The number of methoxy groups -OCH3 is 1. The number of hydrogen-bond acceptors (Lipinski definition) is 5. The zero-order chi connectivity index (χ0) is 11.1. The van der Waals surface area contributed by atoms with E-state index in [-0.39, 0.29) is 0 Å². The van der Waals surface area contributed by atoms with Crippen LogP contribution in [-0.4, -0.2) is 36.8 Å². The summed E-state index contributed by atoms with van der Waals surface area (Å²) in [4.78, 5) is 8.22. The van der Waals surface area contributed by atoms with Crippen molar-refractivity contribution < 1.29 is 9.47 Å². The molecule has 0 aliphatic heterocycles. The number of nitrogens with one attached hydrogen (secondary N) is 1. The van der Waals surface area contributed by atoms with Gasteiger partial charge in [-0.2, -0.15) is 4.98 Å². The highest BCUT2D eigenvalue weighted by atomic mass is 79.9. The van der Waals surface area contributed by atoms with Gasteiger partial charge in [-0.1, -0.05) is 0 Å². The molecule has 0 aliphatic rings. The van der Waals surface area contributed by atoms with E-state index in [2.05, 4.69) is 31.2 Å². The van der Waals surface area contributed by atoms with Gasteiger partial charge < -0.3 is 14.8 Å². The Labute approximate surface area is 97.3 Å². The summed E-state index contributed by atoms with van der Waals surface area (Å²) in [5, 5.41) is 3.03. The fourth-order valence-electron chi connectivity index (χ4n) is 0.959. The molecule has 0 fully saturated rings. The summed E-state index contributed by atoms with van der Waals surface area (Å²) >= 11 is 3.28. The van der Waals surface area contributed by atoms with Crippen LogP contribution in [0.2, 0.25) is 0 Å². The highest BCUT2D eigenvalue weighted by molar-refractivity contribution is 9.10. The molecule has 0 saturated carbocycles. The second kappa shape index (κ2) is 6.58. The largest absolute Gasteiger partial charge is 0.480 e. The van der Waals surface area contributed by atoms with Gasteiger partial charge in [-0.25, -0.2) is 4.98 Å². The highest BCUT2D eigenvalue weighted by Crippen LogP contribution is 2.21. The van der Waals surface area contributed by atoms with Crippen LogP contribution in [0.15, 0.2) is 10.7 Å². The van der Waals surface area contributed by atoms with Gasteiger partial charge in [0, 0.05) is 13.2 Å². The van der Waals surface area contributed by atoms with Crippen LogP contribution in [0.1, 0.15) is 6.92 Å². The zero-order valence-corrected chi connectivity index (χ0v) is 10.4. The molecule has 0 bridgehead atoms. The maximum absolute atomic E-state index is 5.18. The predicted molar refractivity (Wildman–Crippen MR) is 61.3 cm³/mol. The fraction of sp³-hybridized carbons (Fsp3) is 0.556. The average molecular weight is 276 g/mol. The van der Waals surface area contributed by atoms with E-state index < -0.39 is 0 Å². The summed E-state index contributed by atoms with van der Waals surface area (Å²) in [5.74, 6) is 1.05. The number of rotatable bonds is 6. The molecule has 0 spiro atoms. The summed E-state index contributed by atoms with van der Waals surface area (Å²) in [6.45, 7) is 3.99. The van der Waals surface area contributed by atoms with E-state index in [9.17, 15) is 0 Å². The maximum atomic E-state index is 5.18. The Hall–Kier alpha value is -0.880. The monoisotopic (exact) mass is 275 g/mol. The summed E-state index contributed by atoms with van der Waals surface area (Å²) in [7, 11) is 1.57. The Morgan fingerprint density at radius 2 is 2.33 bits per heavy atom. The number of nitrogens with zero attached hydrogens (tertiary/aromatic N) is 2. The van der Waals surface area contributed by atoms with E-state index in [0.717, 1.165) is 4.47 Å². The third-order valence-electron chi connectivity index (χ3n) is 1.64. The molecule has 1 N–H and O–H groups in total. The van der Waals surface area contributed by atoms with Crippen molar-refractivity contribution in [2.75, 3.05) is 32.2 Å². The normalized spacial score (nSPS) is 10.1. The minimum Gasteiger partial charge on any atom is -0.480 e. The van der Waals surface area contributed by atoms with Crippen LogP contribution in [0.5, 0.6) is 5.88 Å². The van der Waals surface area contributed by atoms with E-state index in [0.29, 0.717) is 31.6 Å². The van der Waals surface area contributed by atoms with Crippen molar-refractivity contribution in [2.24, 2.45) is 0 Å². The third kappa shape index (κ3) is 4.01. The lowest BCUT2D eigenvalue weighted by Crippen LogP contribution is -2.11. The van der Waals surface area contributed by atoms with E-state index in [1.54, 1.807) is 13.3 Å². The SMILES string of the molecule is CCOCCNc1ncc(Br)c(OC)n1. The topological polar surface area (TPSA) is 56.3 Å². The number of anilines is 1. The van der Waals surface area contributed by atoms with Crippen LogP contribution in [0.4, 0.5) is 5.95 Å². The summed E-state index contributed by atoms with van der Waals surface area (Å²) in [6, 6.07) is 0. The second-order valence-corrected chi connectivity index (χ2v) is 3.53. The zero-order valence-electron chi connectivity index (χ0n) is 8.79. The minimum atomic E-state index is 0.518. The molecule has 0 amide bonds. The molecule has 1 aromatic rings. The number of aromatic nitrogens is 2. The van der Waals surface area contributed by atoms with Crippen molar-refractivity contribution in [3.8, 4) is 5.88 Å².